The van der Waals surface area contributed by atoms with Gasteiger partial charge in [-0.15, -0.1) is 0 Å². The molecule has 2 aliphatic rings. The molecule has 29 heavy (non-hydrogen) atoms. The summed E-state index contributed by atoms with van der Waals surface area (Å²) in [6.45, 7) is 6.86. The van der Waals surface area contributed by atoms with Crippen LogP contribution in [-0.4, -0.2) is 42.9 Å². The molecule has 1 fully saturated rings. The molecule has 2 atom stereocenters. The van der Waals surface area contributed by atoms with Crippen LogP contribution in [0.1, 0.15) is 62.7 Å². The molecule has 1 aliphatic carbocycles. The predicted molar refractivity (Wildman–Crippen MR) is 118 cm³/mol. The van der Waals surface area contributed by atoms with Crippen LogP contribution in [0.5, 0.6) is 0 Å². The second-order valence-electron chi connectivity index (χ2n) is 8.76. The highest BCUT2D eigenvalue weighted by atomic mass is 16.2. The van der Waals surface area contributed by atoms with Crippen LogP contribution in [-0.2, 0) is 4.79 Å². The summed E-state index contributed by atoms with van der Waals surface area (Å²) in [5.74, 6) is 1.06. The van der Waals surface area contributed by atoms with Crippen LogP contribution < -0.4 is 10.6 Å². The molecule has 0 aromatic heterocycles. The number of nitrogens with zero attached hydrogens (tertiary/aromatic N) is 1. The first-order chi connectivity index (χ1) is 14.0. The number of likely N-dealkylation sites (tertiary alicyclic amines) is 1. The quantitative estimate of drug-likeness (QED) is 0.677. The first-order valence-electron chi connectivity index (χ1n) is 11.1. The molecular weight excluding hydrogens is 362 g/mol. The standard InChI is InChI=1S/C24H35N3O2/c1-18-14-19(2)17-27(16-18)24(29)21-10-6-7-11-22(21)26-15-23(28)25-13-12-20-8-4-3-5-9-20/h6-8,10-11,18-19,26H,3-5,9,12-17H2,1-2H3,(H,25,28). The monoisotopic (exact) mass is 397 g/mol. The zero-order valence-electron chi connectivity index (χ0n) is 17.9. The summed E-state index contributed by atoms with van der Waals surface area (Å²) >= 11 is 0. The van der Waals surface area contributed by atoms with Gasteiger partial charge in [-0.2, -0.15) is 0 Å². The number of amides is 2. The van der Waals surface area contributed by atoms with Gasteiger partial charge in [0.25, 0.3) is 5.91 Å². The van der Waals surface area contributed by atoms with E-state index in [4.69, 9.17) is 0 Å². The third-order valence-electron chi connectivity index (χ3n) is 5.91. The number of piperidine rings is 1. The first-order valence-corrected chi connectivity index (χ1v) is 11.1. The van der Waals surface area contributed by atoms with E-state index in [1.807, 2.05) is 29.2 Å². The third-order valence-corrected chi connectivity index (χ3v) is 5.91. The van der Waals surface area contributed by atoms with Crippen molar-refractivity contribution in [1.29, 1.82) is 0 Å². The molecule has 1 aromatic carbocycles. The maximum absolute atomic E-state index is 13.1. The number of allylic oxidation sites excluding steroid dienone is 1. The van der Waals surface area contributed by atoms with E-state index in [-0.39, 0.29) is 18.4 Å². The van der Waals surface area contributed by atoms with E-state index in [0.717, 1.165) is 31.6 Å². The van der Waals surface area contributed by atoms with Gasteiger partial charge in [0, 0.05) is 25.3 Å². The van der Waals surface area contributed by atoms with Crippen LogP contribution in [0.3, 0.4) is 0 Å². The number of carbonyl (C=O) groups excluding carboxylic acids is 2. The smallest absolute Gasteiger partial charge is 0.255 e. The SMILES string of the molecule is CC1CC(C)CN(C(=O)c2ccccc2NCC(=O)NCCC2=CCCCC2)C1. The van der Waals surface area contributed by atoms with Crippen molar-refractivity contribution in [3.05, 3.63) is 41.5 Å². The van der Waals surface area contributed by atoms with Crippen LogP contribution in [0.15, 0.2) is 35.9 Å². The molecule has 2 N–H and O–H groups in total. The fraction of sp³-hybridized carbons (Fsp3) is 0.583. The average Bonchev–Trinajstić information content (AvgIpc) is 2.72. The molecule has 0 radical (unpaired) electrons. The van der Waals surface area contributed by atoms with E-state index in [0.29, 0.717) is 23.9 Å². The first kappa shape index (κ1) is 21.4. The number of nitrogens with one attached hydrogen (secondary N) is 2. The molecule has 0 bridgehead atoms. The predicted octanol–water partition coefficient (Wildman–Crippen LogP) is 4.22. The second kappa shape index (κ2) is 10.5. The number of hydrogen-bond acceptors (Lipinski definition) is 3. The summed E-state index contributed by atoms with van der Waals surface area (Å²) in [4.78, 5) is 27.3. The Balaban J connectivity index is 1.51. The molecule has 1 aliphatic heterocycles. The van der Waals surface area contributed by atoms with Crippen molar-refractivity contribution in [2.24, 2.45) is 11.8 Å². The minimum absolute atomic E-state index is 0.0381. The van der Waals surface area contributed by atoms with Crippen LogP contribution in [0, 0.1) is 11.8 Å². The van der Waals surface area contributed by atoms with Gasteiger partial charge in [-0.25, -0.2) is 0 Å². The number of para-hydroxylation sites is 1. The van der Waals surface area contributed by atoms with Gasteiger partial charge < -0.3 is 15.5 Å². The van der Waals surface area contributed by atoms with E-state index in [1.165, 1.54) is 31.3 Å². The minimum Gasteiger partial charge on any atom is -0.376 e. The van der Waals surface area contributed by atoms with E-state index >= 15 is 0 Å². The highest BCUT2D eigenvalue weighted by molar-refractivity contribution is 6.00. The van der Waals surface area contributed by atoms with Gasteiger partial charge >= 0.3 is 0 Å². The molecule has 3 rings (SSSR count). The Kier molecular flexibility index (Phi) is 7.73. The molecule has 1 aromatic rings. The van der Waals surface area contributed by atoms with Crippen molar-refractivity contribution in [1.82, 2.24) is 10.2 Å². The Labute approximate surface area is 174 Å². The van der Waals surface area contributed by atoms with Gasteiger partial charge in [0.2, 0.25) is 5.91 Å². The largest absolute Gasteiger partial charge is 0.376 e. The van der Waals surface area contributed by atoms with Gasteiger partial charge in [0.15, 0.2) is 0 Å². The highest BCUT2D eigenvalue weighted by Gasteiger charge is 2.27. The van der Waals surface area contributed by atoms with Gasteiger partial charge in [0.05, 0.1) is 12.1 Å². The van der Waals surface area contributed by atoms with E-state index < -0.39 is 0 Å². The Bertz CT molecular complexity index is 733. The summed E-state index contributed by atoms with van der Waals surface area (Å²) in [5, 5.41) is 6.16. The van der Waals surface area contributed by atoms with Crippen molar-refractivity contribution in [2.45, 2.75) is 52.4 Å². The summed E-state index contributed by atoms with van der Waals surface area (Å²) in [7, 11) is 0. The van der Waals surface area contributed by atoms with Gasteiger partial charge in [0.1, 0.15) is 0 Å². The van der Waals surface area contributed by atoms with E-state index in [9.17, 15) is 9.59 Å². The number of anilines is 1. The highest BCUT2D eigenvalue weighted by Crippen LogP contribution is 2.25. The van der Waals surface area contributed by atoms with Gasteiger partial charge in [-0.05, 0) is 62.5 Å². The zero-order valence-corrected chi connectivity index (χ0v) is 17.9. The average molecular weight is 398 g/mol. The van der Waals surface area contributed by atoms with Crippen molar-refractivity contribution in [3.63, 3.8) is 0 Å². The summed E-state index contributed by atoms with van der Waals surface area (Å²) < 4.78 is 0. The maximum atomic E-state index is 13.1. The molecule has 5 heteroatoms. The molecule has 1 saturated heterocycles. The summed E-state index contributed by atoms with van der Waals surface area (Å²) in [5.41, 5.74) is 2.84. The summed E-state index contributed by atoms with van der Waals surface area (Å²) in [6, 6.07) is 7.51. The van der Waals surface area contributed by atoms with Gasteiger partial charge in [-0.3, -0.25) is 9.59 Å². The Morgan fingerprint density at radius 2 is 1.86 bits per heavy atom. The van der Waals surface area contributed by atoms with Crippen LogP contribution in [0.25, 0.3) is 0 Å². The Hall–Kier alpha value is -2.30. The van der Waals surface area contributed by atoms with Crippen molar-refractivity contribution >= 4 is 17.5 Å². The minimum atomic E-state index is -0.0381. The van der Waals surface area contributed by atoms with Gasteiger partial charge in [-0.1, -0.05) is 37.6 Å². The molecule has 1 heterocycles. The fourth-order valence-corrected chi connectivity index (χ4v) is 4.56. The molecular formula is C24H35N3O2. The molecule has 2 amide bonds. The lowest BCUT2D eigenvalue weighted by Crippen LogP contribution is -2.42. The Morgan fingerprint density at radius 3 is 2.59 bits per heavy atom. The van der Waals surface area contributed by atoms with Crippen molar-refractivity contribution < 1.29 is 9.59 Å². The lowest BCUT2D eigenvalue weighted by molar-refractivity contribution is -0.119. The number of carbonyl (C=O) groups is 2. The second-order valence-corrected chi connectivity index (χ2v) is 8.76. The molecule has 5 nitrogen and oxygen atoms in total. The topological polar surface area (TPSA) is 61.4 Å². The zero-order chi connectivity index (χ0) is 20.6. The van der Waals surface area contributed by atoms with Crippen LogP contribution in [0.4, 0.5) is 5.69 Å². The molecule has 0 spiro atoms. The van der Waals surface area contributed by atoms with Crippen molar-refractivity contribution in [2.75, 3.05) is 31.5 Å². The maximum Gasteiger partial charge on any atom is 0.255 e. The number of rotatable bonds is 7. The van der Waals surface area contributed by atoms with Crippen molar-refractivity contribution in [3.8, 4) is 0 Å². The lowest BCUT2D eigenvalue weighted by atomic mass is 9.91. The molecule has 158 valence electrons. The normalized spacial score (nSPS) is 22.0. The van der Waals surface area contributed by atoms with Crippen LogP contribution in [0.2, 0.25) is 0 Å². The van der Waals surface area contributed by atoms with E-state index in [2.05, 4.69) is 30.6 Å². The molecule has 0 saturated carbocycles. The Morgan fingerprint density at radius 1 is 1.10 bits per heavy atom. The lowest BCUT2D eigenvalue weighted by Gasteiger charge is -2.35. The summed E-state index contributed by atoms with van der Waals surface area (Å²) in [6.07, 6.45) is 9.31. The fourth-order valence-electron chi connectivity index (χ4n) is 4.56. The number of hydrogen-bond donors (Lipinski definition) is 2. The van der Waals surface area contributed by atoms with E-state index in [1.54, 1.807) is 0 Å². The third kappa shape index (κ3) is 6.34. The molecule has 2 unspecified atom stereocenters. The number of benzene rings is 1. The van der Waals surface area contributed by atoms with Crippen LogP contribution >= 0.6 is 0 Å².